The van der Waals surface area contributed by atoms with Crippen LogP contribution in [-0.2, 0) is 25.3 Å². The number of anilines is 1. The Kier molecular flexibility index (Phi) is 4.82. The van der Waals surface area contributed by atoms with Crippen molar-refractivity contribution in [3.05, 3.63) is 30.0 Å². The van der Waals surface area contributed by atoms with Crippen LogP contribution in [0.3, 0.4) is 0 Å². The Labute approximate surface area is 161 Å². The van der Waals surface area contributed by atoms with Crippen LogP contribution in [0.1, 0.15) is 24.5 Å². The summed E-state index contributed by atoms with van der Waals surface area (Å²) in [4.78, 5) is 19.0. The van der Waals surface area contributed by atoms with Gasteiger partial charge in [-0.15, -0.1) is 0 Å². The van der Waals surface area contributed by atoms with Crippen molar-refractivity contribution < 1.29 is 14.1 Å². The van der Waals surface area contributed by atoms with Crippen molar-refractivity contribution in [1.29, 1.82) is 0 Å². The van der Waals surface area contributed by atoms with Gasteiger partial charge in [0.15, 0.2) is 5.82 Å². The van der Waals surface area contributed by atoms with Gasteiger partial charge in [0, 0.05) is 32.9 Å². The maximum absolute atomic E-state index is 12.9. The smallest absolute Gasteiger partial charge is 0.323 e. The van der Waals surface area contributed by atoms with E-state index in [2.05, 4.69) is 25.7 Å². The summed E-state index contributed by atoms with van der Waals surface area (Å²) < 4.78 is 14.2. The SMILES string of the molecule is CCc1cc(NC(=O)N2CCOCC2c2noc(-c3cnn(C)c3)n2)n(C)n1. The number of rotatable bonds is 4. The van der Waals surface area contributed by atoms with Gasteiger partial charge in [-0.3, -0.25) is 14.7 Å². The molecule has 0 radical (unpaired) electrons. The minimum absolute atomic E-state index is 0.258. The molecule has 0 spiro atoms. The highest BCUT2D eigenvalue weighted by Crippen LogP contribution is 2.25. The minimum Gasteiger partial charge on any atom is -0.377 e. The molecule has 2 amide bonds. The fourth-order valence-electron chi connectivity index (χ4n) is 3.08. The van der Waals surface area contributed by atoms with Crippen LogP contribution in [-0.4, -0.2) is 60.4 Å². The first-order chi connectivity index (χ1) is 13.5. The molecule has 0 bridgehead atoms. The first kappa shape index (κ1) is 18.2. The number of amides is 2. The van der Waals surface area contributed by atoms with Crippen LogP contribution in [0.4, 0.5) is 10.6 Å². The molecule has 3 aromatic heterocycles. The number of aryl methyl sites for hydroxylation is 3. The molecule has 1 fully saturated rings. The lowest BCUT2D eigenvalue weighted by Gasteiger charge is -2.33. The number of morpholine rings is 1. The third-order valence-electron chi connectivity index (χ3n) is 4.61. The molecule has 1 saturated heterocycles. The number of ether oxygens (including phenoxy) is 1. The summed E-state index contributed by atoms with van der Waals surface area (Å²) in [5.41, 5.74) is 1.63. The van der Waals surface area contributed by atoms with E-state index >= 15 is 0 Å². The highest BCUT2D eigenvalue weighted by atomic mass is 16.5. The van der Waals surface area contributed by atoms with Crippen LogP contribution >= 0.6 is 0 Å². The third-order valence-corrected chi connectivity index (χ3v) is 4.61. The molecular weight excluding hydrogens is 364 g/mol. The van der Waals surface area contributed by atoms with Crippen molar-refractivity contribution in [2.75, 3.05) is 25.1 Å². The van der Waals surface area contributed by atoms with E-state index in [0.717, 1.165) is 17.7 Å². The van der Waals surface area contributed by atoms with Gasteiger partial charge in [-0.05, 0) is 6.42 Å². The molecule has 4 rings (SSSR count). The summed E-state index contributed by atoms with van der Waals surface area (Å²) in [5.74, 6) is 1.39. The van der Waals surface area contributed by atoms with E-state index in [1.807, 2.05) is 20.0 Å². The quantitative estimate of drug-likeness (QED) is 0.720. The monoisotopic (exact) mass is 386 g/mol. The highest BCUT2D eigenvalue weighted by Gasteiger charge is 2.33. The molecule has 3 aromatic rings. The van der Waals surface area contributed by atoms with E-state index in [1.54, 1.807) is 33.7 Å². The predicted molar refractivity (Wildman–Crippen MR) is 98.4 cm³/mol. The minimum atomic E-state index is -0.443. The lowest BCUT2D eigenvalue weighted by Crippen LogP contribution is -2.46. The second-order valence-corrected chi connectivity index (χ2v) is 6.57. The first-order valence-corrected chi connectivity index (χ1v) is 9.06. The number of hydrogen-bond donors (Lipinski definition) is 1. The van der Waals surface area contributed by atoms with Crippen molar-refractivity contribution in [2.45, 2.75) is 19.4 Å². The highest BCUT2D eigenvalue weighted by molar-refractivity contribution is 5.88. The molecule has 1 atom stereocenters. The molecule has 1 aliphatic rings. The van der Waals surface area contributed by atoms with E-state index in [1.165, 1.54) is 0 Å². The number of nitrogens with one attached hydrogen (secondary N) is 1. The Morgan fingerprint density at radius 1 is 1.39 bits per heavy atom. The average molecular weight is 386 g/mol. The largest absolute Gasteiger partial charge is 0.377 e. The van der Waals surface area contributed by atoms with E-state index in [0.29, 0.717) is 37.3 Å². The maximum Gasteiger partial charge on any atom is 0.323 e. The van der Waals surface area contributed by atoms with E-state index in [4.69, 9.17) is 9.26 Å². The van der Waals surface area contributed by atoms with Crippen molar-refractivity contribution >= 4 is 11.8 Å². The topological polar surface area (TPSA) is 116 Å². The summed E-state index contributed by atoms with van der Waals surface area (Å²) in [6.45, 7) is 3.18. The van der Waals surface area contributed by atoms with Gasteiger partial charge in [0.1, 0.15) is 11.9 Å². The summed E-state index contributed by atoms with van der Waals surface area (Å²) in [7, 11) is 3.61. The van der Waals surface area contributed by atoms with Gasteiger partial charge < -0.3 is 14.2 Å². The molecule has 1 unspecified atom stereocenters. The third kappa shape index (κ3) is 3.48. The maximum atomic E-state index is 12.9. The first-order valence-electron chi connectivity index (χ1n) is 9.06. The van der Waals surface area contributed by atoms with E-state index in [9.17, 15) is 4.79 Å². The number of urea groups is 1. The van der Waals surface area contributed by atoms with Crippen LogP contribution in [0.15, 0.2) is 23.0 Å². The van der Waals surface area contributed by atoms with Crippen LogP contribution in [0, 0.1) is 0 Å². The summed E-state index contributed by atoms with van der Waals surface area (Å²) in [6, 6.07) is 1.16. The van der Waals surface area contributed by atoms with Gasteiger partial charge in [-0.2, -0.15) is 15.2 Å². The Bertz CT molecular complexity index is 975. The Balaban J connectivity index is 1.53. The summed E-state index contributed by atoms with van der Waals surface area (Å²) >= 11 is 0. The normalized spacial score (nSPS) is 17.1. The molecule has 11 heteroatoms. The van der Waals surface area contributed by atoms with Crippen LogP contribution in [0.25, 0.3) is 11.5 Å². The molecule has 0 aromatic carbocycles. The molecule has 1 aliphatic heterocycles. The molecule has 1 N–H and O–H groups in total. The number of aromatic nitrogens is 6. The number of carbonyl (C=O) groups excluding carboxylic acids is 1. The Hall–Kier alpha value is -3.21. The molecule has 0 saturated carbocycles. The molecule has 0 aliphatic carbocycles. The standard InChI is InChI=1S/C17H22N8O3/c1-4-12-7-14(24(3)21-12)19-17(26)25-5-6-27-10-13(25)15-20-16(28-22-15)11-8-18-23(2)9-11/h7-9,13H,4-6,10H2,1-3H3,(H,19,26). The summed E-state index contributed by atoms with van der Waals surface area (Å²) in [5, 5.41) is 15.4. The van der Waals surface area contributed by atoms with Crippen molar-refractivity contribution in [1.82, 2.24) is 34.6 Å². The van der Waals surface area contributed by atoms with E-state index in [-0.39, 0.29) is 6.03 Å². The zero-order chi connectivity index (χ0) is 19.7. The molecule has 4 heterocycles. The molecule has 148 valence electrons. The number of nitrogens with zero attached hydrogens (tertiary/aromatic N) is 7. The molecule has 28 heavy (non-hydrogen) atoms. The fraction of sp³-hybridized carbons (Fsp3) is 0.471. The fourth-order valence-corrected chi connectivity index (χ4v) is 3.08. The molecule has 11 nitrogen and oxygen atoms in total. The zero-order valence-electron chi connectivity index (χ0n) is 16.0. The zero-order valence-corrected chi connectivity index (χ0v) is 16.0. The van der Waals surface area contributed by atoms with Crippen LogP contribution in [0.2, 0.25) is 0 Å². The number of carbonyl (C=O) groups is 1. The van der Waals surface area contributed by atoms with Gasteiger partial charge in [0.2, 0.25) is 0 Å². The number of hydrogen-bond acceptors (Lipinski definition) is 7. The summed E-state index contributed by atoms with van der Waals surface area (Å²) in [6.07, 6.45) is 4.23. The Morgan fingerprint density at radius 2 is 2.25 bits per heavy atom. The second kappa shape index (κ2) is 7.43. The lowest BCUT2D eigenvalue weighted by molar-refractivity contribution is 0.0110. The van der Waals surface area contributed by atoms with Crippen molar-refractivity contribution in [3.8, 4) is 11.5 Å². The average Bonchev–Trinajstić information content (AvgIpc) is 3.42. The molecular formula is C17H22N8O3. The predicted octanol–water partition coefficient (Wildman–Crippen LogP) is 1.37. The van der Waals surface area contributed by atoms with Gasteiger partial charge in [-0.25, -0.2) is 4.79 Å². The van der Waals surface area contributed by atoms with Crippen molar-refractivity contribution in [3.63, 3.8) is 0 Å². The van der Waals surface area contributed by atoms with Gasteiger partial charge in [-0.1, -0.05) is 12.1 Å². The Morgan fingerprint density at radius 3 is 2.96 bits per heavy atom. The van der Waals surface area contributed by atoms with Crippen molar-refractivity contribution in [2.24, 2.45) is 14.1 Å². The van der Waals surface area contributed by atoms with Gasteiger partial charge >= 0.3 is 6.03 Å². The van der Waals surface area contributed by atoms with Gasteiger partial charge in [0.25, 0.3) is 5.89 Å². The van der Waals surface area contributed by atoms with Crippen LogP contribution in [0.5, 0.6) is 0 Å². The van der Waals surface area contributed by atoms with Gasteiger partial charge in [0.05, 0.1) is 30.7 Å². The van der Waals surface area contributed by atoms with E-state index < -0.39 is 6.04 Å². The second-order valence-electron chi connectivity index (χ2n) is 6.57. The lowest BCUT2D eigenvalue weighted by atomic mass is 10.2. The van der Waals surface area contributed by atoms with Crippen LogP contribution < -0.4 is 5.32 Å².